The predicted octanol–water partition coefficient (Wildman–Crippen LogP) is 5.10. The van der Waals surface area contributed by atoms with E-state index >= 15 is 0 Å². The van der Waals surface area contributed by atoms with E-state index in [-0.39, 0.29) is 29.7 Å². The molecule has 1 aliphatic heterocycles. The fraction of sp³-hybridized carbons (Fsp3) is 0.303. The molecule has 272 valence electrons. The average Bonchev–Trinajstić information content (AvgIpc) is 3.73. The number of ether oxygens (including phenoxy) is 1. The highest BCUT2D eigenvalue weighted by Crippen LogP contribution is 2.33. The van der Waals surface area contributed by atoms with Gasteiger partial charge in [-0.15, -0.1) is 5.10 Å². The van der Waals surface area contributed by atoms with E-state index in [1.54, 1.807) is 46.8 Å². The number of aliphatic carboxylic acids is 1. The Balaban J connectivity index is 0.000000679. The van der Waals surface area contributed by atoms with Crippen molar-refractivity contribution in [3.8, 4) is 28.2 Å². The molecule has 5 aromatic rings. The molecule has 0 saturated heterocycles. The van der Waals surface area contributed by atoms with E-state index in [1.807, 2.05) is 26.1 Å². The molecule has 0 spiro atoms. The number of halogens is 4. The lowest BCUT2D eigenvalue weighted by Gasteiger charge is -2.22. The van der Waals surface area contributed by atoms with Gasteiger partial charge >= 0.3 is 18.1 Å². The van der Waals surface area contributed by atoms with Crippen molar-refractivity contribution in [3.63, 3.8) is 0 Å². The number of aromatic nitrogens is 8. The molecule has 0 radical (unpaired) electrons. The van der Waals surface area contributed by atoms with Crippen molar-refractivity contribution in [2.75, 3.05) is 11.9 Å². The summed E-state index contributed by atoms with van der Waals surface area (Å²) in [5.41, 5.74) is 4.01. The van der Waals surface area contributed by atoms with Crippen LogP contribution in [0.1, 0.15) is 55.3 Å². The highest BCUT2D eigenvalue weighted by molar-refractivity contribution is 6.31. The zero-order chi connectivity index (χ0) is 37.7. The Morgan fingerprint density at radius 1 is 1.12 bits per heavy atom. The lowest BCUT2D eigenvalue weighted by molar-refractivity contribution is -0.192. The molecule has 2 atom stereocenters. The largest absolute Gasteiger partial charge is 0.490 e. The molecule has 2 bridgehead atoms. The molecule has 1 aliphatic rings. The Morgan fingerprint density at radius 3 is 2.56 bits per heavy atom. The lowest BCUT2D eigenvalue weighted by atomic mass is 9.97. The van der Waals surface area contributed by atoms with E-state index in [1.165, 1.54) is 23.3 Å². The van der Waals surface area contributed by atoms with Gasteiger partial charge in [-0.05, 0) is 50.1 Å². The molecule has 19 heteroatoms. The summed E-state index contributed by atoms with van der Waals surface area (Å²) in [6.45, 7) is 3.80. The number of pyridine rings is 1. The minimum atomic E-state index is -5.08. The number of fused-ring (bicyclic) bond motifs is 4. The zero-order valence-corrected chi connectivity index (χ0v) is 28.6. The Kier molecular flexibility index (Phi) is 11.2. The second-order valence-electron chi connectivity index (χ2n) is 11.6. The Hall–Kier alpha value is -5.91. The van der Waals surface area contributed by atoms with Gasteiger partial charge in [0, 0.05) is 41.4 Å². The molecule has 6 rings (SSSR count). The van der Waals surface area contributed by atoms with Crippen LogP contribution in [0.15, 0.2) is 66.1 Å². The summed E-state index contributed by atoms with van der Waals surface area (Å²) in [5, 5.41) is 22.9. The van der Waals surface area contributed by atoms with Crippen LogP contribution in [0.2, 0.25) is 5.02 Å². The van der Waals surface area contributed by atoms with Gasteiger partial charge in [-0.2, -0.15) is 18.3 Å². The number of hydrogen-bond donors (Lipinski definition) is 2. The Labute approximate surface area is 298 Å². The number of esters is 1. The maximum absolute atomic E-state index is 13.8. The standard InChI is InChI=1S/C31H30ClN9O4.C2HF3O2/c1-4-45-31(44)25-16-41(38-37-25)26-9-8-20(32)13-21(26)22-14-28(42)40(17-34-22)27-7-5-6-18(2)30(43)36-24-15-35-39(3)29(24)19-10-11-33-23(27)12-19;3-2(4,5)1(6)7/h8-18,27H,4-7H2,1-3H3,(H,36,43);(H,6,7)/t18-,27+;/m1./s1. The number of nitrogens with zero attached hydrogens (tertiary/aromatic N) is 8. The molecule has 4 aromatic heterocycles. The topological polar surface area (TPSA) is 189 Å². The number of rotatable bonds is 5. The van der Waals surface area contributed by atoms with Gasteiger partial charge in [-0.1, -0.05) is 30.2 Å². The van der Waals surface area contributed by atoms with Gasteiger partial charge in [0.1, 0.15) is 0 Å². The van der Waals surface area contributed by atoms with Crippen molar-refractivity contribution in [1.82, 2.24) is 39.3 Å². The minimum absolute atomic E-state index is 0.0448. The number of aryl methyl sites for hydroxylation is 1. The first kappa shape index (κ1) is 37.3. The first-order chi connectivity index (χ1) is 24.7. The minimum Gasteiger partial charge on any atom is -0.475 e. The first-order valence-electron chi connectivity index (χ1n) is 15.7. The summed E-state index contributed by atoms with van der Waals surface area (Å²) < 4.78 is 41.4. The van der Waals surface area contributed by atoms with Crippen LogP contribution in [0.4, 0.5) is 18.9 Å². The normalized spacial score (nSPS) is 15.9. The number of nitrogens with one attached hydrogen (secondary N) is 1. The van der Waals surface area contributed by atoms with Crippen molar-refractivity contribution in [2.24, 2.45) is 13.0 Å². The monoisotopic (exact) mass is 741 g/mol. The number of carboxylic acids is 1. The van der Waals surface area contributed by atoms with E-state index in [2.05, 4.69) is 30.7 Å². The third kappa shape index (κ3) is 8.34. The maximum atomic E-state index is 13.8. The number of amides is 1. The number of hydrogen-bond acceptors (Lipinski definition) is 10. The molecule has 1 aromatic carbocycles. The van der Waals surface area contributed by atoms with E-state index in [0.717, 1.165) is 11.3 Å². The van der Waals surface area contributed by atoms with E-state index in [4.69, 9.17) is 26.2 Å². The van der Waals surface area contributed by atoms with Crippen LogP contribution >= 0.6 is 11.6 Å². The SMILES string of the molecule is CCOC(=O)c1cn(-c2ccc(Cl)cc2-c2cc(=O)n([C@H]3CCC[C@@H](C)C(=O)Nc4cnn(C)c4-c4ccnc3c4)cn2)nn1.O=C(O)C(F)(F)F. The van der Waals surface area contributed by atoms with Crippen LogP contribution in [0.25, 0.3) is 28.2 Å². The van der Waals surface area contributed by atoms with Crippen molar-refractivity contribution in [3.05, 3.63) is 88.1 Å². The molecule has 0 saturated carbocycles. The Bertz CT molecular complexity index is 2180. The molecule has 0 aliphatic carbocycles. The summed E-state index contributed by atoms with van der Waals surface area (Å²) in [6.07, 6.45) is 3.05. The zero-order valence-electron chi connectivity index (χ0n) is 27.8. The highest BCUT2D eigenvalue weighted by Gasteiger charge is 2.38. The van der Waals surface area contributed by atoms with Gasteiger partial charge in [-0.25, -0.2) is 19.3 Å². The summed E-state index contributed by atoms with van der Waals surface area (Å²) >= 11 is 6.36. The number of anilines is 1. The van der Waals surface area contributed by atoms with Crippen LogP contribution in [0.5, 0.6) is 0 Å². The number of alkyl halides is 3. The van der Waals surface area contributed by atoms with Gasteiger partial charge in [0.25, 0.3) is 5.56 Å². The lowest BCUT2D eigenvalue weighted by Crippen LogP contribution is -2.27. The number of carbonyl (C=O) groups is 3. The van der Waals surface area contributed by atoms with Crippen molar-refractivity contribution in [1.29, 1.82) is 0 Å². The van der Waals surface area contributed by atoms with Crippen LogP contribution in [0, 0.1) is 5.92 Å². The molecule has 52 heavy (non-hydrogen) atoms. The van der Waals surface area contributed by atoms with Crippen molar-refractivity contribution in [2.45, 2.75) is 45.3 Å². The highest BCUT2D eigenvalue weighted by atomic mass is 35.5. The van der Waals surface area contributed by atoms with E-state index in [9.17, 15) is 27.6 Å². The quantitative estimate of drug-likeness (QED) is 0.228. The second-order valence-corrected chi connectivity index (χ2v) is 12.0. The maximum Gasteiger partial charge on any atom is 0.490 e. The molecule has 0 unspecified atom stereocenters. The van der Waals surface area contributed by atoms with Gasteiger partial charge in [0.15, 0.2) is 5.69 Å². The fourth-order valence-corrected chi connectivity index (χ4v) is 5.64. The summed E-state index contributed by atoms with van der Waals surface area (Å²) in [5.74, 6) is -3.68. The number of carbonyl (C=O) groups excluding carboxylic acids is 2. The first-order valence-corrected chi connectivity index (χ1v) is 16.1. The fourth-order valence-electron chi connectivity index (χ4n) is 5.47. The smallest absolute Gasteiger partial charge is 0.475 e. The Morgan fingerprint density at radius 2 is 1.87 bits per heavy atom. The molecule has 1 amide bonds. The van der Waals surface area contributed by atoms with Gasteiger partial charge in [0.2, 0.25) is 5.91 Å². The van der Waals surface area contributed by atoms with Crippen LogP contribution in [0.3, 0.4) is 0 Å². The predicted molar refractivity (Wildman–Crippen MR) is 180 cm³/mol. The molecule has 5 heterocycles. The number of benzene rings is 1. The molecule has 2 N–H and O–H groups in total. The van der Waals surface area contributed by atoms with Gasteiger partial charge in [0.05, 0.1) is 59.8 Å². The van der Waals surface area contributed by atoms with E-state index in [0.29, 0.717) is 52.6 Å². The summed E-state index contributed by atoms with van der Waals surface area (Å²) in [6, 6.07) is 9.83. The summed E-state index contributed by atoms with van der Waals surface area (Å²) in [7, 11) is 1.81. The molecule has 15 nitrogen and oxygen atoms in total. The second kappa shape index (κ2) is 15.5. The van der Waals surface area contributed by atoms with Gasteiger partial charge < -0.3 is 15.2 Å². The molecule has 0 fully saturated rings. The van der Waals surface area contributed by atoms with E-state index < -0.39 is 24.2 Å². The van der Waals surface area contributed by atoms with Crippen LogP contribution in [-0.4, -0.2) is 75.0 Å². The molecular formula is C33H31ClF3N9O6. The van der Waals surface area contributed by atoms with Crippen molar-refractivity contribution >= 4 is 35.1 Å². The summed E-state index contributed by atoms with van der Waals surface area (Å²) in [4.78, 5) is 57.1. The van der Waals surface area contributed by atoms with Crippen LogP contribution < -0.4 is 10.9 Å². The van der Waals surface area contributed by atoms with Crippen molar-refractivity contribution < 1.29 is 37.4 Å². The number of carboxylic acid groups (broad SMARTS) is 1. The third-order valence-electron chi connectivity index (χ3n) is 8.03. The third-order valence-corrected chi connectivity index (χ3v) is 8.26. The van der Waals surface area contributed by atoms with Gasteiger partial charge in [-0.3, -0.25) is 23.8 Å². The average molecular weight is 742 g/mol. The van der Waals surface area contributed by atoms with Crippen LogP contribution in [-0.2, 0) is 21.4 Å². The molecular weight excluding hydrogens is 711 g/mol.